The van der Waals surface area contributed by atoms with Gasteiger partial charge in [0.2, 0.25) is 0 Å². The van der Waals surface area contributed by atoms with Crippen molar-refractivity contribution in [2.75, 3.05) is 0 Å². The number of benzene rings is 3. The molecule has 0 amide bonds. The largest absolute Gasteiger partial charge is 0.488 e. The number of hydrogen-bond donors (Lipinski definition) is 0. The fraction of sp³-hybridized carbons (Fsp3) is 0.321. The van der Waals surface area contributed by atoms with E-state index in [9.17, 15) is 4.79 Å². The lowest BCUT2D eigenvalue weighted by Gasteiger charge is -2.35. The first-order valence-corrected chi connectivity index (χ1v) is 12.0. The lowest BCUT2D eigenvalue weighted by molar-refractivity contribution is 0.112. The van der Waals surface area contributed by atoms with Crippen LogP contribution in [0.3, 0.4) is 0 Å². The van der Waals surface area contributed by atoms with Crippen LogP contribution in [0.1, 0.15) is 64.9 Å². The molecule has 3 heteroatoms. The Labute approximate surface area is 188 Å². The molecule has 0 heterocycles. The lowest BCUT2D eigenvalue weighted by atomic mass is 9.89. The molecule has 1 unspecified atom stereocenters. The Bertz CT molecular complexity index is 1040. The quantitative estimate of drug-likeness (QED) is 0.268. The van der Waals surface area contributed by atoms with Gasteiger partial charge in [0.05, 0.1) is 0 Å². The van der Waals surface area contributed by atoms with Gasteiger partial charge in [-0.15, -0.1) is 0 Å². The highest BCUT2D eigenvalue weighted by atomic mass is 31.1. The third kappa shape index (κ3) is 5.25. The van der Waals surface area contributed by atoms with Crippen LogP contribution < -0.4 is 10.0 Å². The Kier molecular flexibility index (Phi) is 7.68. The molecular weight excluding hydrogens is 399 g/mol. The van der Waals surface area contributed by atoms with Crippen LogP contribution in [0.25, 0.3) is 0 Å². The van der Waals surface area contributed by atoms with E-state index in [1.807, 2.05) is 31.2 Å². The minimum absolute atomic E-state index is 0.0736. The Balaban J connectivity index is 2.06. The molecule has 0 aliphatic rings. The average molecular weight is 433 g/mol. The fourth-order valence-corrected chi connectivity index (χ4v) is 5.89. The maximum Gasteiger partial charge on any atom is 0.150 e. The zero-order valence-electron chi connectivity index (χ0n) is 19.3. The molecule has 162 valence electrons. The summed E-state index contributed by atoms with van der Waals surface area (Å²) in [5.74, 6) is 0.991. The monoisotopic (exact) mass is 432 g/mol. The molecule has 0 N–H and O–H groups in total. The Morgan fingerprint density at radius 1 is 0.903 bits per heavy atom. The van der Waals surface area contributed by atoms with Crippen LogP contribution >= 0.6 is 8.58 Å². The molecule has 3 rings (SSSR count). The van der Waals surface area contributed by atoms with Crippen molar-refractivity contribution in [1.82, 2.24) is 0 Å². The minimum atomic E-state index is -0.0736. The normalized spacial score (nSPS) is 11.8. The minimum Gasteiger partial charge on any atom is -0.488 e. The maximum absolute atomic E-state index is 11.8. The molecular formula is C28H33O2P. The smallest absolute Gasteiger partial charge is 0.150 e. The Morgan fingerprint density at radius 2 is 1.61 bits per heavy atom. The number of carbonyl (C=O) groups excluding carboxylic acids is 1. The van der Waals surface area contributed by atoms with Crippen molar-refractivity contribution in [2.24, 2.45) is 0 Å². The number of carbonyl (C=O) groups is 1. The van der Waals surface area contributed by atoms with Gasteiger partial charge < -0.3 is 4.74 Å². The van der Waals surface area contributed by atoms with Crippen molar-refractivity contribution in [3.63, 3.8) is 0 Å². The number of aldehydes is 1. The second kappa shape index (κ2) is 10.2. The van der Waals surface area contributed by atoms with Crippen LogP contribution in [0.2, 0.25) is 0 Å². The highest BCUT2D eigenvalue weighted by Crippen LogP contribution is 2.51. The molecule has 1 atom stereocenters. The summed E-state index contributed by atoms with van der Waals surface area (Å²) in [4.78, 5) is 11.8. The van der Waals surface area contributed by atoms with E-state index >= 15 is 0 Å². The fourth-order valence-electron chi connectivity index (χ4n) is 4.26. The first-order valence-electron chi connectivity index (χ1n) is 11.0. The molecule has 0 aliphatic heterocycles. The third-order valence-electron chi connectivity index (χ3n) is 6.08. The first-order chi connectivity index (χ1) is 14.9. The number of rotatable bonds is 9. The van der Waals surface area contributed by atoms with E-state index in [4.69, 9.17) is 4.74 Å². The molecule has 0 aromatic heterocycles. The van der Waals surface area contributed by atoms with Gasteiger partial charge in [-0.3, -0.25) is 4.79 Å². The van der Waals surface area contributed by atoms with E-state index in [-0.39, 0.29) is 5.16 Å². The summed E-state index contributed by atoms with van der Waals surface area (Å²) in [5, 5.41) is 1.06. The molecule has 2 nitrogen and oxygen atoms in total. The molecule has 31 heavy (non-hydrogen) atoms. The topological polar surface area (TPSA) is 26.3 Å². The van der Waals surface area contributed by atoms with Crippen LogP contribution in [0.5, 0.6) is 5.75 Å². The predicted octanol–water partition coefficient (Wildman–Crippen LogP) is 7.02. The van der Waals surface area contributed by atoms with Gasteiger partial charge >= 0.3 is 0 Å². The van der Waals surface area contributed by atoms with E-state index in [0.717, 1.165) is 46.9 Å². The molecule has 0 radical (unpaired) electrons. The summed E-state index contributed by atoms with van der Waals surface area (Å²) in [6, 6.07) is 21.0. The lowest BCUT2D eigenvalue weighted by Crippen LogP contribution is -2.24. The van der Waals surface area contributed by atoms with Gasteiger partial charge in [0.25, 0.3) is 0 Å². The van der Waals surface area contributed by atoms with Gasteiger partial charge in [0.15, 0.2) is 6.29 Å². The molecule has 0 fully saturated rings. The predicted molar refractivity (Wildman–Crippen MR) is 133 cm³/mol. The van der Waals surface area contributed by atoms with Crippen molar-refractivity contribution >= 4 is 20.2 Å². The van der Waals surface area contributed by atoms with Crippen LogP contribution in [-0.2, 0) is 11.8 Å². The van der Waals surface area contributed by atoms with Crippen LogP contribution in [-0.4, -0.2) is 6.29 Å². The third-order valence-corrected chi connectivity index (χ3v) is 8.26. The molecule has 0 bridgehead atoms. The molecule has 0 saturated carbocycles. The summed E-state index contributed by atoms with van der Waals surface area (Å²) in [7, 11) is 0.494. The van der Waals surface area contributed by atoms with Crippen molar-refractivity contribution in [2.45, 2.75) is 59.2 Å². The van der Waals surface area contributed by atoms with E-state index in [2.05, 4.69) is 64.1 Å². The summed E-state index contributed by atoms with van der Waals surface area (Å²) in [6.07, 6.45) is 2.97. The van der Waals surface area contributed by atoms with Crippen LogP contribution in [0.15, 0.2) is 60.7 Å². The molecule has 3 aromatic carbocycles. The van der Waals surface area contributed by atoms with Crippen molar-refractivity contribution in [3.05, 3.63) is 94.0 Å². The summed E-state index contributed by atoms with van der Waals surface area (Å²) < 4.78 is 6.47. The second-order valence-electron chi connectivity index (χ2n) is 8.36. The number of hydrogen-bond acceptors (Lipinski definition) is 2. The summed E-state index contributed by atoms with van der Waals surface area (Å²) in [5.41, 5.74) is 6.77. The SMILES string of the molecule is CCC(CC)(Pc1ccc(C)cc1C=O)c1cc(C)cc(C)c1OCc1ccccc1. The van der Waals surface area contributed by atoms with Crippen molar-refractivity contribution < 1.29 is 9.53 Å². The van der Waals surface area contributed by atoms with E-state index in [1.54, 1.807) is 0 Å². The average Bonchev–Trinajstić information content (AvgIpc) is 2.78. The Hall–Kier alpha value is -2.44. The zero-order chi connectivity index (χ0) is 22.4. The number of ether oxygens (including phenoxy) is 1. The van der Waals surface area contributed by atoms with Gasteiger partial charge in [-0.05, 0) is 56.1 Å². The van der Waals surface area contributed by atoms with Gasteiger partial charge in [-0.25, -0.2) is 0 Å². The molecule has 0 spiro atoms. The standard InChI is InChI=1S/C28H33O2P/c1-6-28(7-2,31-26-14-13-20(3)16-24(26)18-29)25-17-21(4)15-22(5)27(25)30-19-23-11-9-8-10-12-23/h8-18,31H,6-7,19H2,1-5H3. The summed E-state index contributed by atoms with van der Waals surface area (Å²) in [6.45, 7) is 11.4. The first kappa shape index (κ1) is 23.2. The van der Waals surface area contributed by atoms with Gasteiger partial charge in [-0.2, -0.15) is 0 Å². The zero-order valence-corrected chi connectivity index (χ0v) is 20.3. The van der Waals surface area contributed by atoms with E-state index < -0.39 is 0 Å². The van der Waals surface area contributed by atoms with Gasteiger partial charge in [0.1, 0.15) is 12.4 Å². The highest BCUT2D eigenvalue weighted by molar-refractivity contribution is 7.48. The summed E-state index contributed by atoms with van der Waals surface area (Å²) >= 11 is 0. The van der Waals surface area contributed by atoms with Crippen LogP contribution in [0, 0.1) is 20.8 Å². The molecule has 0 aliphatic carbocycles. The van der Waals surface area contributed by atoms with Crippen molar-refractivity contribution in [3.8, 4) is 5.75 Å². The van der Waals surface area contributed by atoms with Crippen molar-refractivity contribution in [1.29, 1.82) is 0 Å². The second-order valence-corrected chi connectivity index (χ2v) is 10.1. The van der Waals surface area contributed by atoms with Crippen LogP contribution in [0.4, 0.5) is 0 Å². The Morgan fingerprint density at radius 3 is 2.26 bits per heavy atom. The van der Waals surface area contributed by atoms with E-state index in [0.29, 0.717) is 15.2 Å². The maximum atomic E-state index is 11.8. The van der Waals surface area contributed by atoms with Gasteiger partial charge in [0, 0.05) is 16.3 Å². The van der Waals surface area contributed by atoms with E-state index in [1.165, 1.54) is 16.7 Å². The van der Waals surface area contributed by atoms with Gasteiger partial charge in [-0.1, -0.05) is 88.2 Å². The molecule has 3 aromatic rings. The molecule has 0 saturated heterocycles. The highest BCUT2D eigenvalue weighted by Gasteiger charge is 2.33. The number of aryl methyl sites for hydroxylation is 3.